The van der Waals surface area contributed by atoms with E-state index < -0.39 is 6.09 Å². The van der Waals surface area contributed by atoms with Gasteiger partial charge >= 0.3 is 6.09 Å². The van der Waals surface area contributed by atoms with Crippen molar-refractivity contribution >= 4 is 23.4 Å². The fourth-order valence-electron chi connectivity index (χ4n) is 3.36. The summed E-state index contributed by atoms with van der Waals surface area (Å²) >= 11 is 0. The molecule has 1 heterocycles. The van der Waals surface area contributed by atoms with E-state index in [0.717, 1.165) is 24.5 Å². The molecule has 1 N–H and O–H groups in total. The maximum absolute atomic E-state index is 12.8. The minimum absolute atomic E-state index is 0.0989. The first kappa shape index (κ1) is 20.5. The van der Waals surface area contributed by atoms with Crippen molar-refractivity contribution < 1.29 is 19.1 Å². The molecule has 7 nitrogen and oxygen atoms in total. The zero-order valence-corrected chi connectivity index (χ0v) is 17.1. The zero-order valence-electron chi connectivity index (χ0n) is 17.1. The van der Waals surface area contributed by atoms with Gasteiger partial charge in [0.1, 0.15) is 11.9 Å². The minimum Gasteiger partial charge on any atom is -0.485 e. The number of hydrogen-bond donors (Lipinski definition) is 1. The average molecular weight is 397 g/mol. The van der Waals surface area contributed by atoms with Gasteiger partial charge in [-0.1, -0.05) is 12.1 Å². The number of carbonyl (C=O) groups excluding carboxylic acids is 2. The van der Waals surface area contributed by atoms with E-state index >= 15 is 0 Å². The van der Waals surface area contributed by atoms with Gasteiger partial charge in [-0.15, -0.1) is 0 Å². The highest BCUT2D eigenvalue weighted by Crippen LogP contribution is 2.32. The molecule has 29 heavy (non-hydrogen) atoms. The van der Waals surface area contributed by atoms with Crippen molar-refractivity contribution in [1.29, 1.82) is 0 Å². The Morgan fingerprint density at radius 3 is 2.59 bits per heavy atom. The monoisotopic (exact) mass is 397 g/mol. The van der Waals surface area contributed by atoms with Gasteiger partial charge in [-0.25, -0.2) is 4.79 Å². The highest BCUT2D eigenvalue weighted by molar-refractivity contribution is 5.95. The number of amides is 2. The van der Waals surface area contributed by atoms with Gasteiger partial charge in [0.05, 0.1) is 25.4 Å². The number of rotatable bonds is 6. The molecule has 7 heteroatoms. The molecule has 1 aliphatic rings. The predicted molar refractivity (Wildman–Crippen MR) is 113 cm³/mol. The molecule has 2 amide bonds. The van der Waals surface area contributed by atoms with Gasteiger partial charge in [0.15, 0.2) is 0 Å². The SMILES string of the molecule is CCOC(=O)Nc1ccc(C(=O)N(C)C[C@@H]2CN(CC)c3ccccc3O2)cc1. The highest BCUT2D eigenvalue weighted by atomic mass is 16.5. The second-order valence-corrected chi connectivity index (χ2v) is 6.85. The molecule has 2 aromatic carbocycles. The number of benzene rings is 2. The standard InChI is InChI=1S/C22H27N3O4/c1-4-25-15-18(29-20-9-7-6-8-19(20)25)14-24(3)21(26)16-10-12-17(13-11-16)23-22(27)28-5-2/h6-13,18H,4-5,14-15H2,1-3H3,(H,23,27)/t18-/m1/s1. The molecule has 1 aliphatic heterocycles. The highest BCUT2D eigenvalue weighted by Gasteiger charge is 2.27. The lowest BCUT2D eigenvalue weighted by molar-refractivity contribution is 0.0709. The lowest BCUT2D eigenvalue weighted by Gasteiger charge is -2.37. The lowest BCUT2D eigenvalue weighted by Crippen LogP contribution is -2.46. The van der Waals surface area contributed by atoms with Crippen molar-refractivity contribution in [3.8, 4) is 5.75 Å². The maximum Gasteiger partial charge on any atom is 0.411 e. The zero-order chi connectivity index (χ0) is 20.8. The van der Waals surface area contributed by atoms with E-state index in [1.807, 2.05) is 18.2 Å². The molecule has 0 radical (unpaired) electrons. The quantitative estimate of drug-likeness (QED) is 0.806. The number of likely N-dealkylation sites (N-methyl/N-ethyl adjacent to an activating group) is 2. The van der Waals surface area contributed by atoms with Crippen LogP contribution in [0.5, 0.6) is 5.75 Å². The molecular formula is C22H27N3O4. The molecule has 0 fully saturated rings. The van der Waals surface area contributed by atoms with Crippen LogP contribution in [-0.2, 0) is 4.74 Å². The number of anilines is 2. The van der Waals surface area contributed by atoms with Gasteiger partial charge in [0, 0.05) is 24.8 Å². The Balaban J connectivity index is 1.61. The van der Waals surface area contributed by atoms with E-state index in [2.05, 4.69) is 23.2 Å². The van der Waals surface area contributed by atoms with Crippen LogP contribution in [0.1, 0.15) is 24.2 Å². The molecule has 2 aromatic rings. The Morgan fingerprint density at radius 1 is 1.17 bits per heavy atom. The lowest BCUT2D eigenvalue weighted by atomic mass is 10.1. The van der Waals surface area contributed by atoms with Gasteiger partial charge in [-0.05, 0) is 50.2 Å². The van der Waals surface area contributed by atoms with Crippen LogP contribution < -0.4 is 15.0 Å². The van der Waals surface area contributed by atoms with Gasteiger partial charge in [0.25, 0.3) is 5.91 Å². The molecule has 154 valence electrons. The van der Waals surface area contributed by atoms with Crippen LogP contribution in [-0.4, -0.2) is 56.3 Å². The van der Waals surface area contributed by atoms with Crippen molar-refractivity contribution in [1.82, 2.24) is 4.90 Å². The summed E-state index contributed by atoms with van der Waals surface area (Å²) < 4.78 is 11.0. The van der Waals surface area contributed by atoms with Crippen LogP contribution in [0.25, 0.3) is 0 Å². The smallest absolute Gasteiger partial charge is 0.411 e. The van der Waals surface area contributed by atoms with Crippen LogP contribution in [0.4, 0.5) is 16.2 Å². The summed E-state index contributed by atoms with van der Waals surface area (Å²) in [7, 11) is 1.77. The average Bonchev–Trinajstić information content (AvgIpc) is 2.73. The van der Waals surface area contributed by atoms with Gasteiger partial charge in [-0.2, -0.15) is 0 Å². The second kappa shape index (κ2) is 9.32. The minimum atomic E-state index is -0.515. The largest absolute Gasteiger partial charge is 0.485 e. The van der Waals surface area contributed by atoms with Crippen LogP contribution >= 0.6 is 0 Å². The fraction of sp³-hybridized carbons (Fsp3) is 0.364. The molecule has 0 aromatic heterocycles. The number of fused-ring (bicyclic) bond motifs is 1. The number of hydrogen-bond acceptors (Lipinski definition) is 5. The van der Waals surface area contributed by atoms with E-state index in [9.17, 15) is 9.59 Å². The molecule has 0 saturated heterocycles. The third-order valence-electron chi connectivity index (χ3n) is 4.78. The molecule has 0 aliphatic carbocycles. The first-order valence-electron chi connectivity index (χ1n) is 9.81. The summed E-state index contributed by atoms with van der Waals surface area (Å²) in [5, 5.41) is 2.61. The summed E-state index contributed by atoms with van der Waals surface area (Å²) in [6, 6.07) is 14.7. The molecule has 1 atom stereocenters. The summed E-state index contributed by atoms with van der Waals surface area (Å²) in [6.45, 7) is 6.24. The number of ether oxygens (including phenoxy) is 2. The fourth-order valence-corrected chi connectivity index (χ4v) is 3.36. The Morgan fingerprint density at radius 2 is 1.90 bits per heavy atom. The van der Waals surface area contributed by atoms with Crippen LogP contribution in [0, 0.1) is 0 Å². The topological polar surface area (TPSA) is 71.1 Å². The van der Waals surface area contributed by atoms with E-state index in [1.54, 1.807) is 43.1 Å². The molecule has 0 bridgehead atoms. The van der Waals surface area contributed by atoms with E-state index in [0.29, 0.717) is 24.4 Å². The van der Waals surface area contributed by atoms with E-state index in [4.69, 9.17) is 9.47 Å². The molecule has 0 spiro atoms. The first-order valence-corrected chi connectivity index (χ1v) is 9.81. The Bertz CT molecular complexity index is 853. The predicted octanol–water partition coefficient (Wildman–Crippen LogP) is 3.61. The Hall–Kier alpha value is -3.22. The third-order valence-corrected chi connectivity index (χ3v) is 4.78. The van der Waals surface area contributed by atoms with Crippen LogP contribution in [0.2, 0.25) is 0 Å². The van der Waals surface area contributed by atoms with Crippen LogP contribution in [0.15, 0.2) is 48.5 Å². The molecular weight excluding hydrogens is 370 g/mol. The van der Waals surface area contributed by atoms with Crippen molar-refractivity contribution in [3.05, 3.63) is 54.1 Å². The summed E-state index contributed by atoms with van der Waals surface area (Å²) in [5.41, 5.74) is 2.21. The number of carbonyl (C=O) groups is 2. The summed E-state index contributed by atoms with van der Waals surface area (Å²) in [4.78, 5) is 28.2. The molecule has 0 unspecified atom stereocenters. The van der Waals surface area contributed by atoms with E-state index in [1.165, 1.54) is 0 Å². The van der Waals surface area contributed by atoms with Crippen molar-refractivity contribution in [3.63, 3.8) is 0 Å². The van der Waals surface area contributed by atoms with Crippen molar-refractivity contribution in [2.45, 2.75) is 20.0 Å². The molecule has 0 saturated carbocycles. The van der Waals surface area contributed by atoms with Crippen molar-refractivity contribution in [2.75, 3.05) is 43.5 Å². The van der Waals surface area contributed by atoms with Gasteiger partial charge < -0.3 is 19.3 Å². The Kier molecular flexibility index (Phi) is 6.59. The molecule has 3 rings (SSSR count). The van der Waals surface area contributed by atoms with Gasteiger partial charge in [-0.3, -0.25) is 10.1 Å². The third kappa shape index (κ3) is 4.99. The van der Waals surface area contributed by atoms with Gasteiger partial charge in [0.2, 0.25) is 0 Å². The van der Waals surface area contributed by atoms with E-state index in [-0.39, 0.29) is 12.0 Å². The first-order chi connectivity index (χ1) is 14.0. The van der Waals surface area contributed by atoms with Crippen LogP contribution in [0.3, 0.4) is 0 Å². The number of para-hydroxylation sites is 2. The maximum atomic E-state index is 12.8. The van der Waals surface area contributed by atoms with Crippen molar-refractivity contribution in [2.24, 2.45) is 0 Å². The number of nitrogens with zero attached hydrogens (tertiary/aromatic N) is 2. The number of nitrogens with one attached hydrogen (secondary N) is 1. The Labute approximate surface area is 171 Å². The summed E-state index contributed by atoms with van der Waals surface area (Å²) in [6.07, 6.45) is -0.623. The summed E-state index contributed by atoms with van der Waals surface area (Å²) in [5.74, 6) is 0.749. The second-order valence-electron chi connectivity index (χ2n) is 6.85. The normalized spacial score (nSPS) is 15.1.